The smallest absolute Gasteiger partial charge is 0.240 e. The number of hydrogen-bond donors (Lipinski definition) is 0. The number of aryl methyl sites for hydroxylation is 1. The van der Waals surface area contributed by atoms with Gasteiger partial charge in [-0.25, -0.2) is 9.88 Å². The number of benzene rings is 2. The number of hydrogen-bond acceptors (Lipinski definition) is 7. The highest BCUT2D eigenvalue weighted by molar-refractivity contribution is 6.26. The van der Waals surface area contributed by atoms with Crippen LogP contribution in [0.25, 0.3) is 10.8 Å². The van der Waals surface area contributed by atoms with Gasteiger partial charge in [-0.15, -0.1) is 0 Å². The molecule has 1 aromatic heterocycles. The highest BCUT2D eigenvalue weighted by Gasteiger charge is 2.73. The lowest BCUT2D eigenvalue weighted by Crippen LogP contribution is -2.43. The van der Waals surface area contributed by atoms with Gasteiger partial charge in [0.25, 0.3) is 0 Å². The number of nitrogens with zero attached hydrogens (tertiary/aromatic N) is 4. The van der Waals surface area contributed by atoms with E-state index in [0.29, 0.717) is 48.4 Å². The third kappa shape index (κ3) is 3.52. The Morgan fingerprint density at radius 3 is 2.58 bits per heavy atom. The molecule has 4 heterocycles. The lowest BCUT2D eigenvalue weighted by Gasteiger charge is -2.31. The molecule has 3 aliphatic rings. The van der Waals surface area contributed by atoms with Crippen molar-refractivity contribution in [3.63, 3.8) is 0 Å². The van der Waals surface area contributed by atoms with Crippen LogP contribution < -0.4 is 9.64 Å². The van der Waals surface area contributed by atoms with Crippen molar-refractivity contribution in [1.82, 2.24) is 9.97 Å². The largest absolute Gasteiger partial charge is 0.477 e. The third-order valence-corrected chi connectivity index (χ3v) is 8.41. The van der Waals surface area contributed by atoms with Gasteiger partial charge >= 0.3 is 0 Å². The van der Waals surface area contributed by atoms with Gasteiger partial charge < -0.3 is 9.47 Å². The summed E-state index contributed by atoms with van der Waals surface area (Å²) in [6.45, 7) is 8.25. The van der Waals surface area contributed by atoms with E-state index in [1.54, 1.807) is 12.1 Å². The maximum Gasteiger partial charge on any atom is 0.240 e. The number of nitriles is 1. The van der Waals surface area contributed by atoms with Crippen LogP contribution in [-0.4, -0.2) is 39.6 Å². The van der Waals surface area contributed by atoms with Gasteiger partial charge in [0.05, 0.1) is 47.0 Å². The van der Waals surface area contributed by atoms with E-state index in [0.717, 1.165) is 16.9 Å². The van der Waals surface area contributed by atoms with Gasteiger partial charge in [-0.3, -0.25) is 9.59 Å². The summed E-state index contributed by atoms with van der Waals surface area (Å²) in [5, 5.41) is 11.0. The Morgan fingerprint density at radius 1 is 1.11 bits per heavy atom. The number of imide groups is 1. The molecule has 0 radical (unpaired) electrons. The molecular formula is C30H30N4O4. The summed E-state index contributed by atoms with van der Waals surface area (Å²) >= 11 is 0. The number of aromatic nitrogens is 2. The van der Waals surface area contributed by atoms with Gasteiger partial charge in [0.1, 0.15) is 5.82 Å². The Labute approximate surface area is 221 Å². The second-order valence-electron chi connectivity index (χ2n) is 11.2. The van der Waals surface area contributed by atoms with Crippen LogP contribution >= 0.6 is 0 Å². The summed E-state index contributed by atoms with van der Waals surface area (Å²) in [5.74, 6) is -0.182. The first-order valence-corrected chi connectivity index (χ1v) is 13.2. The molecule has 2 aromatic carbocycles. The predicted molar refractivity (Wildman–Crippen MR) is 141 cm³/mol. The highest BCUT2D eigenvalue weighted by Crippen LogP contribution is 2.62. The first kappa shape index (κ1) is 24.5. The number of carbonyl (C=O) groups is 2. The van der Waals surface area contributed by atoms with Crippen molar-refractivity contribution in [2.75, 3.05) is 11.5 Å². The molecule has 4 unspecified atom stereocenters. The molecule has 2 bridgehead atoms. The van der Waals surface area contributed by atoms with E-state index in [9.17, 15) is 14.9 Å². The summed E-state index contributed by atoms with van der Waals surface area (Å²) in [4.78, 5) is 38.3. The summed E-state index contributed by atoms with van der Waals surface area (Å²) in [6.07, 6.45) is 1.87. The maximum atomic E-state index is 14.0. The SMILES string of the molecule is Cc1cc(OCCC23CCC(C)(O2)C2C(=O)N(c4ccc(C#N)c5ccccc45)C(=O)C23)nc(C(C)C)n1. The fraction of sp³-hybridized carbons (Fsp3) is 0.433. The van der Waals surface area contributed by atoms with Crippen LogP contribution in [0.1, 0.15) is 63.0 Å². The van der Waals surface area contributed by atoms with E-state index in [1.807, 2.05) is 58.0 Å². The van der Waals surface area contributed by atoms with E-state index in [2.05, 4.69) is 16.0 Å². The Bertz CT molecular complexity index is 1530. The van der Waals surface area contributed by atoms with Gasteiger partial charge in [0.15, 0.2) is 0 Å². The van der Waals surface area contributed by atoms with Crippen molar-refractivity contribution < 1.29 is 19.1 Å². The maximum absolute atomic E-state index is 14.0. The fourth-order valence-electron chi connectivity index (χ4n) is 6.65. The van der Waals surface area contributed by atoms with E-state index in [1.165, 1.54) is 4.90 Å². The average Bonchev–Trinajstić information content (AvgIpc) is 3.47. The summed E-state index contributed by atoms with van der Waals surface area (Å²) < 4.78 is 12.6. The molecule has 2 amide bonds. The zero-order valence-electron chi connectivity index (χ0n) is 22.0. The quantitative estimate of drug-likeness (QED) is 0.437. The standard InChI is InChI=1S/C30H30N4O4/c1-17(2)26-32-18(3)15-23(33-26)37-14-13-30-12-11-29(4,38-30)24-25(30)28(36)34(27(24)35)22-10-9-19(16-31)20-7-5-6-8-21(20)22/h5-10,15,17,24-25H,11-14H2,1-4H3. The molecule has 8 nitrogen and oxygen atoms in total. The van der Waals surface area contributed by atoms with Crippen molar-refractivity contribution in [2.24, 2.45) is 11.8 Å². The molecule has 0 aliphatic carbocycles. The minimum absolute atomic E-state index is 0.178. The summed E-state index contributed by atoms with van der Waals surface area (Å²) in [6, 6.07) is 14.8. The Kier molecular flexibility index (Phi) is 5.55. The van der Waals surface area contributed by atoms with E-state index in [-0.39, 0.29) is 17.7 Å². The number of anilines is 1. The molecule has 3 saturated heterocycles. The fourth-order valence-corrected chi connectivity index (χ4v) is 6.65. The molecule has 38 heavy (non-hydrogen) atoms. The first-order chi connectivity index (χ1) is 18.2. The van der Waals surface area contributed by atoms with Crippen LogP contribution in [0.4, 0.5) is 5.69 Å². The van der Waals surface area contributed by atoms with E-state index < -0.39 is 23.0 Å². The zero-order chi connectivity index (χ0) is 26.8. The topological polar surface area (TPSA) is 105 Å². The van der Waals surface area contributed by atoms with Gasteiger partial charge in [-0.05, 0) is 38.8 Å². The van der Waals surface area contributed by atoms with Gasteiger partial charge in [0.2, 0.25) is 17.7 Å². The number of fused-ring (bicyclic) bond motifs is 6. The molecule has 6 rings (SSSR count). The highest BCUT2D eigenvalue weighted by atomic mass is 16.5. The number of amides is 2. The third-order valence-electron chi connectivity index (χ3n) is 8.41. The van der Waals surface area contributed by atoms with Crippen LogP contribution in [0, 0.1) is 30.1 Å². The van der Waals surface area contributed by atoms with Crippen LogP contribution in [0.15, 0.2) is 42.5 Å². The lowest BCUT2D eigenvalue weighted by molar-refractivity contribution is -0.131. The number of rotatable bonds is 6. The molecular weight excluding hydrogens is 480 g/mol. The van der Waals surface area contributed by atoms with Crippen molar-refractivity contribution in [3.05, 3.63) is 59.5 Å². The van der Waals surface area contributed by atoms with Crippen LogP contribution in [0.2, 0.25) is 0 Å². The molecule has 3 aromatic rings. The molecule has 0 spiro atoms. The van der Waals surface area contributed by atoms with Crippen molar-refractivity contribution in [1.29, 1.82) is 5.26 Å². The molecule has 8 heteroatoms. The summed E-state index contributed by atoms with van der Waals surface area (Å²) in [7, 11) is 0. The number of carbonyl (C=O) groups excluding carboxylic acids is 2. The molecule has 194 valence electrons. The second kappa shape index (κ2) is 8.60. The zero-order valence-corrected chi connectivity index (χ0v) is 22.0. The molecule has 4 atom stereocenters. The van der Waals surface area contributed by atoms with Gasteiger partial charge in [-0.2, -0.15) is 10.2 Å². The second-order valence-corrected chi connectivity index (χ2v) is 11.2. The minimum Gasteiger partial charge on any atom is -0.477 e. The van der Waals surface area contributed by atoms with Crippen molar-refractivity contribution in [2.45, 2.75) is 64.1 Å². The molecule has 0 saturated carbocycles. The van der Waals surface area contributed by atoms with E-state index in [4.69, 9.17) is 9.47 Å². The average molecular weight is 511 g/mol. The normalized spacial score (nSPS) is 27.8. The van der Waals surface area contributed by atoms with Crippen LogP contribution in [0.3, 0.4) is 0 Å². The molecule has 3 fully saturated rings. The number of ether oxygens (including phenoxy) is 2. The van der Waals surface area contributed by atoms with E-state index >= 15 is 0 Å². The predicted octanol–water partition coefficient (Wildman–Crippen LogP) is 4.83. The first-order valence-electron chi connectivity index (χ1n) is 13.2. The summed E-state index contributed by atoms with van der Waals surface area (Å²) in [5.41, 5.74) is 0.394. The van der Waals surface area contributed by atoms with Crippen LogP contribution in [0.5, 0.6) is 5.88 Å². The molecule has 0 N–H and O–H groups in total. The lowest BCUT2D eigenvalue weighted by atomic mass is 9.67. The monoisotopic (exact) mass is 510 g/mol. The Balaban J connectivity index is 1.30. The van der Waals surface area contributed by atoms with Gasteiger partial charge in [0, 0.05) is 34.9 Å². The van der Waals surface area contributed by atoms with Crippen molar-refractivity contribution >= 4 is 28.3 Å². The van der Waals surface area contributed by atoms with Crippen LogP contribution in [-0.2, 0) is 14.3 Å². The Morgan fingerprint density at radius 2 is 1.84 bits per heavy atom. The minimum atomic E-state index is -0.772. The molecule has 3 aliphatic heterocycles. The Hall–Kier alpha value is -3.83. The van der Waals surface area contributed by atoms with Crippen molar-refractivity contribution in [3.8, 4) is 11.9 Å². The van der Waals surface area contributed by atoms with Gasteiger partial charge in [-0.1, -0.05) is 38.1 Å².